The molecule has 18 heavy (non-hydrogen) atoms. The Morgan fingerprint density at radius 1 is 1.50 bits per heavy atom. The normalized spacial score (nSPS) is 10.4. The summed E-state index contributed by atoms with van der Waals surface area (Å²) in [7, 11) is 1.57. The fourth-order valence-corrected chi connectivity index (χ4v) is 1.86. The number of hydrogen-bond donors (Lipinski definition) is 2. The van der Waals surface area contributed by atoms with Gasteiger partial charge in [-0.2, -0.15) is 0 Å². The highest BCUT2D eigenvalue weighted by Gasteiger charge is 2.15. The zero-order valence-electron chi connectivity index (χ0n) is 10.2. The van der Waals surface area contributed by atoms with Gasteiger partial charge in [-0.05, 0) is 34.1 Å². The van der Waals surface area contributed by atoms with Gasteiger partial charge in [-0.1, -0.05) is 0 Å². The number of aliphatic hydroxyl groups excluding tert-OH is 1. The first-order valence-electron chi connectivity index (χ1n) is 5.54. The van der Waals surface area contributed by atoms with Crippen LogP contribution in [0.25, 0.3) is 0 Å². The number of rotatable bonds is 6. The molecule has 0 heterocycles. The van der Waals surface area contributed by atoms with Gasteiger partial charge in [0.2, 0.25) is 0 Å². The summed E-state index contributed by atoms with van der Waals surface area (Å²) in [6.07, 6.45) is 0. The third-order valence-electron chi connectivity index (χ3n) is 2.47. The molecule has 0 aliphatic heterocycles. The first-order chi connectivity index (χ1) is 8.60. The molecular weight excluding hydrogens is 300 g/mol. The van der Waals surface area contributed by atoms with E-state index in [9.17, 15) is 4.79 Å². The molecule has 0 aliphatic carbocycles. The third kappa shape index (κ3) is 3.97. The molecule has 1 amide bonds. The average Bonchev–Trinajstić information content (AvgIpc) is 2.37. The number of benzene rings is 1. The predicted octanol–water partition coefficient (Wildman–Crippen LogP) is 1.11. The van der Waals surface area contributed by atoms with Crippen molar-refractivity contribution >= 4 is 27.5 Å². The van der Waals surface area contributed by atoms with Crippen molar-refractivity contribution in [1.82, 2.24) is 4.90 Å². The van der Waals surface area contributed by atoms with E-state index in [1.165, 1.54) is 0 Å². The van der Waals surface area contributed by atoms with E-state index in [1.54, 1.807) is 30.2 Å². The summed E-state index contributed by atoms with van der Waals surface area (Å²) in [4.78, 5) is 13.7. The standard InChI is InChI=1S/C12H17BrN2O3/c1-18-7-5-15(4-6-16)12(17)9-2-3-11(14)10(13)8-9/h2-3,8,16H,4-7,14H2,1H3. The fourth-order valence-electron chi connectivity index (χ4n) is 1.48. The Morgan fingerprint density at radius 3 is 2.78 bits per heavy atom. The van der Waals surface area contributed by atoms with Crippen molar-refractivity contribution in [3.05, 3.63) is 28.2 Å². The van der Waals surface area contributed by atoms with Crippen molar-refractivity contribution in [1.29, 1.82) is 0 Å². The summed E-state index contributed by atoms with van der Waals surface area (Å²) in [6, 6.07) is 5.01. The maximum atomic E-state index is 12.2. The number of nitrogens with zero attached hydrogens (tertiary/aromatic N) is 1. The van der Waals surface area contributed by atoms with E-state index in [-0.39, 0.29) is 19.1 Å². The van der Waals surface area contributed by atoms with Gasteiger partial charge in [0.05, 0.1) is 13.2 Å². The first kappa shape index (κ1) is 14.9. The number of anilines is 1. The summed E-state index contributed by atoms with van der Waals surface area (Å²) in [6.45, 7) is 1.08. The van der Waals surface area contributed by atoms with Crippen LogP contribution in [0.5, 0.6) is 0 Å². The zero-order chi connectivity index (χ0) is 13.5. The van der Waals surface area contributed by atoms with Crippen molar-refractivity contribution in [2.24, 2.45) is 0 Å². The molecule has 100 valence electrons. The summed E-state index contributed by atoms with van der Waals surface area (Å²) < 4.78 is 5.63. The number of carbonyl (C=O) groups excluding carboxylic acids is 1. The Hall–Kier alpha value is -1.11. The third-order valence-corrected chi connectivity index (χ3v) is 3.16. The molecule has 0 fully saturated rings. The summed E-state index contributed by atoms with van der Waals surface area (Å²) in [5, 5.41) is 8.97. The molecule has 3 N–H and O–H groups in total. The van der Waals surface area contributed by atoms with Crippen LogP contribution < -0.4 is 5.73 Å². The quantitative estimate of drug-likeness (QED) is 0.771. The molecule has 1 aromatic rings. The second-order valence-corrected chi connectivity index (χ2v) is 4.60. The molecule has 0 saturated carbocycles. The number of nitrogens with two attached hydrogens (primary N) is 1. The van der Waals surface area contributed by atoms with Crippen LogP contribution >= 0.6 is 15.9 Å². The van der Waals surface area contributed by atoms with Crippen LogP contribution in [-0.4, -0.2) is 49.3 Å². The lowest BCUT2D eigenvalue weighted by atomic mass is 10.2. The van der Waals surface area contributed by atoms with Crippen molar-refractivity contribution in [2.45, 2.75) is 0 Å². The van der Waals surface area contributed by atoms with Crippen molar-refractivity contribution in [3.8, 4) is 0 Å². The molecule has 0 saturated heterocycles. The number of nitrogen functional groups attached to an aromatic ring is 1. The van der Waals surface area contributed by atoms with E-state index in [4.69, 9.17) is 15.6 Å². The number of carbonyl (C=O) groups is 1. The van der Waals surface area contributed by atoms with Gasteiger partial charge in [0.15, 0.2) is 0 Å². The number of amides is 1. The monoisotopic (exact) mass is 316 g/mol. The fraction of sp³-hybridized carbons (Fsp3) is 0.417. The van der Waals surface area contributed by atoms with Gasteiger partial charge >= 0.3 is 0 Å². The Kier molecular flexibility index (Phi) is 6.11. The van der Waals surface area contributed by atoms with Crippen LogP contribution in [-0.2, 0) is 4.74 Å². The smallest absolute Gasteiger partial charge is 0.254 e. The molecule has 5 nitrogen and oxygen atoms in total. The van der Waals surface area contributed by atoms with Gasteiger partial charge < -0.3 is 20.5 Å². The molecular formula is C12H17BrN2O3. The van der Waals surface area contributed by atoms with Crippen molar-refractivity contribution in [2.75, 3.05) is 39.1 Å². The number of hydrogen-bond acceptors (Lipinski definition) is 4. The van der Waals surface area contributed by atoms with E-state index in [0.717, 1.165) is 0 Å². The first-order valence-corrected chi connectivity index (χ1v) is 6.33. The number of aliphatic hydroxyl groups is 1. The second kappa shape index (κ2) is 7.35. The lowest BCUT2D eigenvalue weighted by molar-refractivity contribution is 0.0656. The molecule has 1 aromatic carbocycles. The SMILES string of the molecule is COCCN(CCO)C(=O)c1ccc(N)c(Br)c1. The van der Waals surface area contributed by atoms with Crippen molar-refractivity contribution < 1.29 is 14.6 Å². The molecule has 0 bridgehead atoms. The van der Waals surface area contributed by atoms with Crippen LogP contribution in [0, 0.1) is 0 Å². The average molecular weight is 317 g/mol. The molecule has 0 spiro atoms. The Morgan fingerprint density at radius 2 is 2.22 bits per heavy atom. The number of ether oxygens (including phenoxy) is 1. The van der Waals surface area contributed by atoms with Gasteiger partial charge in [0.25, 0.3) is 5.91 Å². The number of halogens is 1. The predicted molar refractivity (Wildman–Crippen MR) is 73.4 cm³/mol. The Bertz CT molecular complexity index is 412. The van der Waals surface area contributed by atoms with Gasteiger partial charge in [-0.25, -0.2) is 0 Å². The van der Waals surface area contributed by atoms with Gasteiger partial charge in [-0.3, -0.25) is 4.79 Å². The number of methoxy groups -OCH3 is 1. The lowest BCUT2D eigenvalue weighted by Gasteiger charge is -2.21. The van der Waals surface area contributed by atoms with Crippen LogP contribution in [0.1, 0.15) is 10.4 Å². The van der Waals surface area contributed by atoms with E-state index >= 15 is 0 Å². The Labute approximate surface area is 115 Å². The molecule has 0 atom stereocenters. The topological polar surface area (TPSA) is 75.8 Å². The van der Waals surface area contributed by atoms with E-state index < -0.39 is 0 Å². The van der Waals surface area contributed by atoms with Crippen LogP contribution in [0.4, 0.5) is 5.69 Å². The zero-order valence-corrected chi connectivity index (χ0v) is 11.8. The molecule has 0 aliphatic rings. The van der Waals surface area contributed by atoms with Crippen molar-refractivity contribution in [3.63, 3.8) is 0 Å². The maximum Gasteiger partial charge on any atom is 0.254 e. The Balaban J connectivity index is 2.83. The molecule has 0 unspecified atom stereocenters. The summed E-state index contributed by atoms with van der Waals surface area (Å²) >= 11 is 3.29. The van der Waals surface area contributed by atoms with E-state index in [0.29, 0.717) is 28.9 Å². The summed E-state index contributed by atoms with van der Waals surface area (Å²) in [5.41, 5.74) is 6.78. The molecule has 0 aromatic heterocycles. The van der Waals surface area contributed by atoms with Gasteiger partial charge in [0, 0.05) is 35.9 Å². The lowest BCUT2D eigenvalue weighted by Crippen LogP contribution is -2.36. The highest BCUT2D eigenvalue weighted by atomic mass is 79.9. The van der Waals surface area contributed by atoms with E-state index in [1.807, 2.05) is 0 Å². The van der Waals surface area contributed by atoms with Crippen LogP contribution in [0.15, 0.2) is 22.7 Å². The summed E-state index contributed by atoms with van der Waals surface area (Å²) in [5.74, 6) is -0.151. The maximum absolute atomic E-state index is 12.2. The highest BCUT2D eigenvalue weighted by molar-refractivity contribution is 9.10. The minimum atomic E-state index is -0.151. The molecule has 6 heteroatoms. The molecule has 1 rings (SSSR count). The minimum Gasteiger partial charge on any atom is -0.398 e. The minimum absolute atomic E-state index is 0.0778. The van der Waals surface area contributed by atoms with Crippen LogP contribution in [0.2, 0.25) is 0 Å². The second-order valence-electron chi connectivity index (χ2n) is 3.74. The highest BCUT2D eigenvalue weighted by Crippen LogP contribution is 2.21. The molecule has 0 radical (unpaired) electrons. The van der Waals surface area contributed by atoms with Crippen LogP contribution in [0.3, 0.4) is 0 Å². The van der Waals surface area contributed by atoms with Gasteiger partial charge in [0.1, 0.15) is 0 Å². The van der Waals surface area contributed by atoms with E-state index in [2.05, 4.69) is 15.9 Å². The largest absolute Gasteiger partial charge is 0.398 e. The van der Waals surface area contributed by atoms with Gasteiger partial charge in [-0.15, -0.1) is 0 Å².